The normalized spacial score (nSPS) is 10.7. The highest BCUT2D eigenvalue weighted by atomic mass is 16.5. The maximum absolute atomic E-state index is 11.9. The quantitative estimate of drug-likeness (QED) is 0.487. The van der Waals surface area contributed by atoms with E-state index in [-0.39, 0.29) is 12.5 Å². The van der Waals surface area contributed by atoms with Crippen LogP contribution in [0.25, 0.3) is 0 Å². The van der Waals surface area contributed by atoms with Crippen LogP contribution in [0.4, 0.5) is 5.69 Å². The predicted molar refractivity (Wildman–Crippen MR) is 111 cm³/mol. The van der Waals surface area contributed by atoms with E-state index in [0.717, 1.165) is 31.4 Å². The number of aromatic nitrogens is 2. The fourth-order valence-corrected chi connectivity index (χ4v) is 2.66. The molecule has 0 unspecified atom stereocenters. The van der Waals surface area contributed by atoms with E-state index in [1.54, 1.807) is 31.3 Å². The highest BCUT2D eigenvalue weighted by molar-refractivity contribution is 5.91. The van der Waals surface area contributed by atoms with E-state index in [2.05, 4.69) is 17.3 Å². The zero-order valence-electron chi connectivity index (χ0n) is 17.5. The number of rotatable bonds is 14. The Kier molecular flexibility index (Phi) is 10.0. The average Bonchev–Trinajstić information content (AvgIpc) is 3.18. The van der Waals surface area contributed by atoms with Gasteiger partial charge in [-0.15, -0.1) is 0 Å². The standard InChI is InChI=1S/C21H31N3O5/c1-4-5-10-28-11-12-29-16-21(25)23-18-14-22-24(15-18)9-8-17-6-7-19(26-2)20(13-17)27-3/h6-7,13-15H,4-5,8-12,16H2,1-3H3,(H,23,25). The van der Waals surface area contributed by atoms with Crippen molar-refractivity contribution in [3.63, 3.8) is 0 Å². The summed E-state index contributed by atoms with van der Waals surface area (Å²) in [5.74, 6) is 1.20. The van der Waals surface area contributed by atoms with Gasteiger partial charge in [-0.25, -0.2) is 0 Å². The fourth-order valence-electron chi connectivity index (χ4n) is 2.66. The third-order valence-electron chi connectivity index (χ3n) is 4.24. The average molecular weight is 405 g/mol. The van der Waals surface area contributed by atoms with Gasteiger partial charge in [-0.05, 0) is 30.5 Å². The first kappa shape index (κ1) is 22.7. The Bertz CT molecular complexity index is 748. The number of anilines is 1. The Hall–Kier alpha value is -2.58. The van der Waals surface area contributed by atoms with Crippen molar-refractivity contribution < 1.29 is 23.7 Å². The van der Waals surface area contributed by atoms with Crippen molar-refractivity contribution in [1.82, 2.24) is 9.78 Å². The van der Waals surface area contributed by atoms with Gasteiger partial charge in [0.2, 0.25) is 5.91 Å². The summed E-state index contributed by atoms with van der Waals surface area (Å²) >= 11 is 0. The molecule has 0 bridgehead atoms. The van der Waals surface area contributed by atoms with Crippen molar-refractivity contribution in [1.29, 1.82) is 0 Å². The van der Waals surface area contributed by atoms with E-state index in [0.29, 0.717) is 36.9 Å². The number of nitrogens with one attached hydrogen (secondary N) is 1. The van der Waals surface area contributed by atoms with Gasteiger partial charge in [0.15, 0.2) is 11.5 Å². The van der Waals surface area contributed by atoms with Gasteiger partial charge in [-0.2, -0.15) is 5.10 Å². The number of unbranched alkanes of at least 4 members (excludes halogenated alkanes) is 1. The Morgan fingerprint density at radius 2 is 1.90 bits per heavy atom. The molecule has 8 heteroatoms. The number of amides is 1. The number of methoxy groups -OCH3 is 2. The molecule has 1 amide bonds. The summed E-state index contributed by atoms with van der Waals surface area (Å²) in [7, 11) is 3.23. The molecule has 1 heterocycles. The highest BCUT2D eigenvalue weighted by Gasteiger charge is 2.07. The molecule has 0 spiro atoms. The SMILES string of the molecule is CCCCOCCOCC(=O)Nc1cnn(CCc2ccc(OC)c(OC)c2)c1. The van der Waals surface area contributed by atoms with E-state index in [1.807, 2.05) is 18.2 Å². The smallest absolute Gasteiger partial charge is 0.250 e. The zero-order valence-corrected chi connectivity index (χ0v) is 17.5. The van der Waals surface area contributed by atoms with Crippen molar-refractivity contribution in [2.45, 2.75) is 32.7 Å². The topological polar surface area (TPSA) is 83.8 Å². The van der Waals surface area contributed by atoms with E-state index in [9.17, 15) is 4.79 Å². The molecule has 2 rings (SSSR count). The highest BCUT2D eigenvalue weighted by Crippen LogP contribution is 2.27. The summed E-state index contributed by atoms with van der Waals surface area (Å²) in [6, 6.07) is 5.84. The van der Waals surface area contributed by atoms with E-state index >= 15 is 0 Å². The molecule has 0 radical (unpaired) electrons. The molecule has 2 aromatic rings. The van der Waals surface area contributed by atoms with Crippen molar-refractivity contribution >= 4 is 11.6 Å². The minimum atomic E-state index is -0.210. The van der Waals surface area contributed by atoms with Crippen LogP contribution in [0, 0.1) is 0 Å². The lowest BCUT2D eigenvalue weighted by molar-refractivity contribution is -0.121. The Labute approximate surface area is 172 Å². The van der Waals surface area contributed by atoms with Crippen molar-refractivity contribution in [2.24, 2.45) is 0 Å². The molecule has 8 nitrogen and oxygen atoms in total. The first-order valence-corrected chi connectivity index (χ1v) is 9.85. The summed E-state index contributed by atoms with van der Waals surface area (Å²) in [5.41, 5.74) is 1.75. The van der Waals surface area contributed by atoms with Gasteiger partial charge in [0.1, 0.15) is 6.61 Å². The first-order chi connectivity index (χ1) is 14.2. The number of carbonyl (C=O) groups excluding carboxylic acids is 1. The molecule has 1 aromatic carbocycles. The van der Waals surface area contributed by atoms with Gasteiger partial charge < -0.3 is 24.3 Å². The molecule has 0 aliphatic rings. The minimum absolute atomic E-state index is 0.00599. The predicted octanol–water partition coefficient (Wildman–Crippen LogP) is 2.91. The van der Waals surface area contributed by atoms with Gasteiger partial charge in [0.25, 0.3) is 0 Å². The molecule has 0 saturated carbocycles. The number of ether oxygens (including phenoxy) is 4. The first-order valence-electron chi connectivity index (χ1n) is 9.85. The molecule has 29 heavy (non-hydrogen) atoms. The minimum Gasteiger partial charge on any atom is -0.493 e. The van der Waals surface area contributed by atoms with E-state index < -0.39 is 0 Å². The van der Waals surface area contributed by atoms with E-state index in [4.69, 9.17) is 18.9 Å². The molecular formula is C21H31N3O5. The van der Waals surface area contributed by atoms with Crippen LogP contribution in [0.2, 0.25) is 0 Å². The third kappa shape index (κ3) is 8.13. The third-order valence-corrected chi connectivity index (χ3v) is 4.24. The summed E-state index contributed by atoms with van der Waals surface area (Å²) in [6.45, 7) is 4.42. The van der Waals surface area contributed by atoms with Crippen LogP contribution in [0.15, 0.2) is 30.6 Å². The van der Waals surface area contributed by atoms with Crippen LogP contribution in [-0.4, -0.2) is 56.3 Å². The van der Waals surface area contributed by atoms with Crippen LogP contribution in [0.5, 0.6) is 11.5 Å². The molecule has 0 atom stereocenters. The van der Waals surface area contributed by atoms with Gasteiger partial charge in [-0.1, -0.05) is 19.4 Å². The van der Waals surface area contributed by atoms with Gasteiger partial charge >= 0.3 is 0 Å². The number of carbonyl (C=O) groups is 1. The fraction of sp³-hybridized carbons (Fsp3) is 0.524. The summed E-state index contributed by atoms with van der Waals surface area (Å²) in [6.07, 6.45) is 6.34. The van der Waals surface area contributed by atoms with Gasteiger partial charge in [0, 0.05) is 19.3 Å². The van der Waals surface area contributed by atoms with Gasteiger partial charge in [-0.3, -0.25) is 9.48 Å². The number of benzene rings is 1. The summed E-state index contributed by atoms with van der Waals surface area (Å²) < 4.78 is 23.1. The molecule has 0 saturated heterocycles. The van der Waals surface area contributed by atoms with Crippen LogP contribution in [0.1, 0.15) is 25.3 Å². The van der Waals surface area contributed by atoms with Crippen molar-refractivity contribution in [2.75, 3.05) is 46.0 Å². The Morgan fingerprint density at radius 3 is 2.66 bits per heavy atom. The number of nitrogens with zero attached hydrogens (tertiary/aromatic N) is 2. The largest absolute Gasteiger partial charge is 0.493 e. The second-order valence-corrected chi connectivity index (χ2v) is 6.50. The zero-order chi connectivity index (χ0) is 20.9. The second-order valence-electron chi connectivity index (χ2n) is 6.50. The van der Waals surface area contributed by atoms with Crippen LogP contribution in [0.3, 0.4) is 0 Å². The molecular weight excluding hydrogens is 374 g/mol. The number of hydrogen-bond donors (Lipinski definition) is 1. The molecule has 1 aromatic heterocycles. The summed E-state index contributed by atoms with van der Waals surface area (Å²) in [4.78, 5) is 11.9. The molecule has 0 fully saturated rings. The lowest BCUT2D eigenvalue weighted by atomic mass is 10.1. The summed E-state index contributed by atoms with van der Waals surface area (Å²) in [5, 5.41) is 7.06. The number of aryl methyl sites for hydroxylation is 2. The molecule has 1 N–H and O–H groups in total. The van der Waals surface area contributed by atoms with Crippen LogP contribution >= 0.6 is 0 Å². The molecule has 160 valence electrons. The lowest BCUT2D eigenvalue weighted by Crippen LogP contribution is -2.19. The lowest BCUT2D eigenvalue weighted by Gasteiger charge is -2.09. The second kappa shape index (κ2) is 12.8. The van der Waals surface area contributed by atoms with Gasteiger partial charge in [0.05, 0.1) is 39.3 Å². The Morgan fingerprint density at radius 1 is 1.10 bits per heavy atom. The van der Waals surface area contributed by atoms with E-state index in [1.165, 1.54) is 0 Å². The Balaban J connectivity index is 1.70. The number of hydrogen-bond acceptors (Lipinski definition) is 6. The van der Waals surface area contributed by atoms with Crippen molar-refractivity contribution in [3.05, 3.63) is 36.2 Å². The van der Waals surface area contributed by atoms with Crippen LogP contribution in [-0.2, 0) is 27.2 Å². The van der Waals surface area contributed by atoms with Crippen molar-refractivity contribution in [3.8, 4) is 11.5 Å². The maximum Gasteiger partial charge on any atom is 0.250 e. The maximum atomic E-state index is 11.9. The van der Waals surface area contributed by atoms with Crippen LogP contribution < -0.4 is 14.8 Å². The molecule has 0 aliphatic carbocycles. The monoisotopic (exact) mass is 405 g/mol. The molecule has 0 aliphatic heterocycles.